The van der Waals surface area contributed by atoms with Crippen LogP contribution in [-0.4, -0.2) is 22.1 Å². The summed E-state index contributed by atoms with van der Waals surface area (Å²) in [6.07, 6.45) is -1.53. The smallest absolute Gasteiger partial charge is 0.315 e. The van der Waals surface area contributed by atoms with Gasteiger partial charge in [-0.1, -0.05) is 0 Å². The summed E-state index contributed by atoms with van der Waals surface area (Å²) in [5.74, 6) is -1.31. The summed E-state index contributed by atoms with van der Waals surface area (Å²) in [6, 6.07) is 0. The Balaban J connectivity index is 2.74. The fourth-order valence-corrected chi connectivity index (χ4v) is 0.910. The van der Waals surface area contributed by atoms with Gasteiger partial charge in [-0.15, -0.1) is 0 Å². The second-order valence-electron chi connectivity index (χ2n) is 2.59. The molecule has 0 aliphatic carbocycles. The van der Waals surface area contributed by atoms with Crippen molar-refractivity contribution in [3.63, 3.8) is 0 Å². The first-order valence-electron chi connectivity index (χ1n) is 3.60. The molecule has 1 amide bonds. The molecule has 0 aliphatic heterocycles. The molecule has 0 saturated carbocycles. The summed E-state index contributed by atoms with van der Waals surface area (Å²) in [5, 5.41) is 5.94. The standard InChI is InChI=1S/C7H9F2N3O/c1-4-5(3-12(2)11-4)10-7(13)6(8)9/h3,6H,1-2H3,(H,10,13). The highest BCUT2D eigenvalue weighted by atomic mass is 19.3. The van der Waals surface area contributed by atoms with Crippen LogP contribution in [0.25, 0.3) is 0 Å². The first-order chi connectivity index (χ1) is 6.00. The minimum atomic E-state index is -3.00. The van der Waals surface area contributed by atoms with Crippen LogP contribution in [0.4, 0.5) is 14.5 Å². The van der Waals surface area contributed by atoms with Crippen LogP contribution in [0.15, 0.2) is 6.20 Å². The van der Waals surface area contributed by atoms with Gasteiger partial charge in [-0.2, -0.15) is 13.9 Å². The van der Waals surface area contributed by atoms with Gasteiger partial charge in [0, 0.05) is 13.2 Å². The minimum absolute atomic E-state index is 0.313. The van der Waals surface area contributed by atoms with E-state index in [9.17, 15) is 13.6 Å². The van der Waals surface area contributed by atoms with Crippen LogP contribution in [0.3, 0.4) is 0 Å². The Morgan fingerprint density at radius 3 is 2.69 bits per heavy atom. The number of hydrogen-bond donors (Lipinski definition) is 1. The third kappa shape index (κ3) is 2.24. The lowest BCUT2D eigenvalue weighted by molar-refractivity contribution is -0.126. The van der Waals surface area contributed by atoms with Crippen molar-refractivity contribution in [2.75, 3.05) is 5.32 Å². The Morgan fingerprint density at radius 1 is 1.69 bits per heavy atom. The SMILES string of the molecule is Cc1nn(C)cc1NC(=O)C(F)F. The molecule has 13 heavy (non-hydrogen) atoms. The van der Waals surface area contributed by atoms with Crippen LogP contribution < -0.4 is 5.32 Å². The molecular weight excluding hydrogens is 180 g/mol. The largest absolute Gasteiger partial charge is 0.318 e. The van der Waals surface area contributed by atoms with E-state index in [1.54, 1.807) is 14.0 Å². The van der Waals surface area contributed by atoms with Gasteiger partial charge < -0.3 is 5.32 Å². The normalized spacial score (nSPS) is 10.5. The van der Waals surface area contributed by atoms with Crippen molar-refractivity contribution >= 4 is 11.6 Å². The number of nitrogens with one attached hydrogen (secondary N) is 1. The summed E-state index contributed by atoms with van der Waals surface area (Å²) in [4.78, 5) is 10.6. The van der Waals surface area contributed by atoms with Crippen molar-refractivity contribution < 1.29 is 13.6 Å². The van der Waals surface area contributed by atoms with Crippen LogP contribution in [0.5, 0.6) is 0 Å². The van der Waals surface area contributed by atoms with E-state index < -0.39 is 12.3 Å². The van der Waals surface area contributed by atoms with E-state index in [-0.39, 0.29) is 0 Å². The molecule has 1 rings (SSSR count). The van der Waals surface area contributed by atoms with E-state index in [0.717, 1.165) is 0 Å². The molecule has 72 valence electrons. The molecular formula is C7H9F2N3O. The number of amides is 1. The van der Waals surface area contributed by atoms with Gasteiger partial charge in [0.1, 0.15) is 0 Å². The lowest BCUT2D eigenvalue weighted by Gasteiger charge is -2.00. The van der Waals surface area contributed by atoms with Crippen molar-refractivity contribution in [1.82, 2.24) is 9.78 Å². The molecule has 1 aromatic heterocycles. The highest BCUT2D eigenvalue weighted by Gasteiger charge is 2.16. The Labute approximate surface area is 73.5 Å². The number of aromatic nitrogens is 2. The van der Waals surface area contributed by atoms with E-state index in [4.69, 9.17) is 0 Å². The van der Waals surface area contributed by atoms with Gasteiger partial charge in [-0.3, -0.25) is 9.48 Å². The number of carbonyl (C=O) groups is 1. The Bertz CT molecular complexity index is 322. The summed E-state index contributed by atoms with van der Waals surface area (Å²) in [5.41, 5.74) is 0.823. The highest BCUT2D eigenvalue weighted by Crippen LogP contribution is 2.12. The maximum absolute atomic E-state index is 11.8. The number of anilines is 1. The Morgan fingerprint density at radius 2 is 2.31 bits per heavy atom. The molecule has 0 fully saturated rings. The Kier molecular flexibility index (Phi) is 2.60. The fraction of sp³-hybridized carbons (Fsp3) is 0.429. The minimum Gasteiger partial charge on any atom is -0.318 e. The molecule has 0 bridgehead atoms. The number of nitrogens with zero attached hydrogens (tertiary/aromatic N) is 2. The third-order valence-corrected chi connectivity index (χ3v) is 1.47. The Hall–Kier alpha value is -1.46. The average molecular weight is 189 g/mol. The number of hydrogen-bond acceptors (Lipinski definition) is 2. The summed E-state index contributed by atoms with van der Waals surface area (Å²) in [6.45, 7) is 1.63. The lowest BCUT2D eigenvalue weighted by atomic mass is 10.4. The first-order valence-corrected chi connectivity index (χ1v) is 3.60. The van der Waals surface area contributed by atoms with Crippen molar-refractivity contribution in [2.24, 2.45) is 7.05 Å². The average Bonchev–Trinajstić information content (AvgIpc) is 2.30. The molecule has 4 nitrogen and oxygen atoms in total. The second-order valence-corrected chi connectivity index (χ2v) is 2.59. The molecule has 0 radical (unpaired) electrons. The number of rotatable bonds is 2. The summed E-state index contributed by atoms with van der Waals surface area (Å²) >= 11 is 0. The number of carbonyl (C=O) groups excluding carboxylic acids is 1. The van der Waals surface area contributed by atoms with Gasteiger partial charge in [0.25, 0.3) is 5.91 Å². The van der Waals surface area contributed by atoms with E-state index in [1.807, 2.05) is 0 Å². The van der Waals surface area contributed by atoms with Crippen LogP contribution in [0, 0.1) is 6.92 Å². The molecule has 0 unspecified atom stereocenters. The fourth-order valence-electron chi connectivity index (χ4n) is 0.910. The molecule has 0 aliphatic rings. The van der Waals surface area contributed by atoms with Crippen LogP contribution in [-0.2, 0) is 11.8 Å². The zero-order chi connectivity index (χ0) is 10.0. The van der Waals surface area contributed by atoms with Crippen molar-refractivity contribution in [1.29, 1.82) is 0 Å². The van der Waals surface area contributed by atoms with Crippen molar-refractivity contribution in [3.8, 4) is 0 Å². The summed E-state index contributed by atoms with van der Waals surface area (Å²) in [7, 11) is 1.64. The summed E-state index contributed by atoms with van der Waals surface area (Å²) < 4.78 is 25.1. The van der Waals surface area contributed by atoms with E-state index in [0.29, 0.717) is 11.4 Å². The number of aryl methyl sites for hydroxylation is 2. The van der Waals surface area contributed by atoms with Gasteiger partial charge in [0.2, 0.25) is 0 Å². The maximum atomic E-state index is 11.8. The molecule has 0 saturated heterocycles. The second kappa shape index (κ2) is 3.51. The third-order valence-electron chi connectivity index (χ3n) is 1.47. The van der Waals surface area contributed by atoms with Gasteiger partial charge >= 0.3 is 6.43 Å². The van der Waals surface area contributed by atoms with E-state index >= 15 is 0 Å². The van der Waals surface area contributed by atoms with E-state index in [1.165, 1.54) is 10.9 Å². The van der Waals surface area contributed by atoms with Gasteiger partial charge in [-0.25, -0.2) is 0 Å². The number of halogens is 2. The molecule has 1 heterocycles. The predicted octanol–water partition coefficient (Wildman–Crippen LogP) is 0.932. The van der Waals surface area contributed by atoms with Crippen LogP contribution in [0.1, 0.15) is 5.69 Å². The quantitative estimate of drug-likeness (QED) is 0.752. The van der Waals surface area contributed by atoms with Crippen LogP contribution in [0.2, 0.25) is 0 Å². The molecule has 1 aromatic rings. The molecule has 0 spiro atoms. The zero-order valence-electron chi connectivity index (χ0n) is 7.21. The molecule has 6 heteroatoms. The van der Waals surface area contributed by atoms with Crippen molar-refractivity contribution in [3.05, 3.63) is 11.9 Å². The number of alkyl halides is 2. The predicted molar refractivity (Wildman–Crippen MR) is 42.6 cm³/mol. The lowest BCUT2D eigenvalue weighted by Crippen LogP contribution is -2.20. The highest BCUT2D eigenvalue weighted by molar-refractivity contribution is 5.93. The topological polar surface area (TPSA) is 46.9 Å². The molecule has 0 aromatic carbocycles. The zero-order valence-corrected chi connectivity index (χ0v) is 7.21. The van der Waals surface area contributed by atoms with E-state index in [2.05, 4.69) is 10.4 Å². The monoisotopic (exact) mass is 189 g/mol. The van der Waals surface area contributed by atoms with Crippen molar-refractivity contribution in [2.45, 2.75) is 13.3 Å². The van der Waals surface area contributed by atoms with Gasteiger partial charge in [-0.05, 0) is 6.92 Å². The maximum Gasteiger partial charge on any atom is 0.315 e. The van der Waals surface area contributed by atoms with Gasteiger partial charge in [0.05, 0.1) is 11.4 Å². The van der Waals surface area contributed by atoms with Gasteiger partial charge in [0.15, 0.2) is 0 Å². The first kappa shape index (κ1) is 9.63. The van der Waals surface area contributed by atoms with Crippen LogP contribution >= 0.6 is 0 Å². The molecule has 0 atom stereocenters. The molecule has 1 N–H and O–H groups in total.